The van der Waals surface area contributed by atoms with Crippen molar-refractivity contribution in [1.82, 2.24) is 4.98 Å². The van der Waals surface area contributed by atoms with E-state index < -0.39 is 23.5 Å². The molecule has 10 heteroatoms. The van der Waals surface area contributed by atoms with Gasteiger partial charge in [-0.15, -0.1) is 0 Å². The third kappa shape index (κ3) is 5.22. The van der Waals surface area contributed by atoms with Gasteiger partial charge < -0.3 is 23.7 Å². The summed E-state index contributed by atoms with van der Waals surface area (Å²) >= 11 is 1.26. The Labute approximate surface area is 267 Å². The highest BCUT2D eigenvalue weighted by molar-refractivity contribution is 7.22. The van der Waals surface area contributed by atoms with E-state index in [0.29, 0.717) is 52.3 Å². The van der Waals surface area contributed by atoms with Crippen LogP contribution in [-0.4, -0.2) is 35.5 Å². The standard InChI is InChI=1S/C36H28N2O7S/c1-3-43-24-14-15-25-30(19-24)46-36(37-25)38-32(23-13-16-27(28(18-23)42-2)44-20-21-9-5-4-6-10-21)31(34(40)35(38)41)33(39)29-17-22-11-7-8-12-26(22)45-29/h4-19,32,40H,3,20H2,1-2H3/t32-/m0/s1. The van der Waals surface area contributed by atoms with Crippen LogP contribution in [0.4, 0.5) is 5.13 Å². The van der Waals surface area contributed by atoms with E-state index in [0.717, 1.165) is 15.6 Å². The molecule has 230 valence electrons. The molecule has 46 heavy (non-hydrogen) atoms. The minimum absolute atomic E-state index is 0.00263. The van der Waals surface area contributed by atoms with Gasteiger partial charge in [0.05, 0.1) is 35.5 Å². The van der Waals surface area contributed by atoms with Crippen molar-refractivity contribution in [1.29, 1.82) is 0 Å². The number of amides is 1. The number of aliphatic hydroxyl groups excluding tert-OH is 1. The second-order valence-corrected chi connectivity index (χ2v) is 11.6. The normalized spacial score (nSPS) is 14.8. The van der Waals surface area contributed by atoms with Gasteiger partial charge in [0, 0.05) is 5.39 Å². The monoisotopic (exact) mass is 632 g/mol. The summed E-state index contributed by atoms with van der Waals surface area (Å²) in [5.74, 6) is -0.487. The summed E-state index contributed by atoms with van der Waals surface area (Å²) < 4.78 is 24.1. The number of carbonyl (C=O) groups is 2. The number of fused-ring (bicyclic) bond motifs is 2. The summed E-state index contributed by atoms with van der Waals surface area (Å²) in [6, 6.07) is 28.2. The molecule has 0 saturated heterocycles. The van der Waals surface area contributed by atoms with E-state index in [2.05, 4.69) is 0 Å². The number of benzene rings is 4. The van der Waals surface area contributed by atoms with Crippen LogP contribution in [0.15, 0.2) is 113 Å². The fraction of sp³-hybridized carbons (Fsp3) is 0.139. The molecule has 0 radical (unpaired) electrons. The average molecular weight is 633 g/mol. The Hall–Kier alpha value is -5.61. The van der Waals surface area contributed by atoms with Crippen LogP contribution in [0.25, 0.3) is 21.2 Å². The fourth-order valence-electron chi connectivity index (χ4n) is 5.54. The Balaban J connectivity index is 1.32. The predicted octanol–water partition coefficient (Wildman–Crippen LogP) is 7.81. The first-order valence-corrected chi connectivity index (χ1v) is 15.4. The molecule has 2 aromatic heterocycles. The fourth-order valence-corrected chi connectivity index (χ4v) is 6.56. The number of anilines is 1. The predicted molar refractivity (Wildman–Crippen MR) is 175 cm³/mol. The van der Waals surface area contributed by atoms with E-state index in [1.165, 1.54) is 23.3 Å². The number of aromatic nitrogens is 1. The van der Waals surface area contributed by atoms with Gasteiger partial charge >= 0.3 is 0 Å². The number of rotatable bonds is 10. The summed E-state index contributed by atoms with van der Waals surface area (Å²) in [4.78, 5) is 34.0. The summed E-state index contributed by atoms with van der Waals surface area (Å²) in [6.45, 7) is 2.72. The molecule has 3 heterocycles. The molecule has 0 spiro atoms. The zero-order valence-electron chi connectivity index (χ0n) is 24.9. The highest BCUT2D eigenvalue weighted by Gasteiger charge is 2.47. The van der Waals surface area contributed by atoms with Gasteiger partial charge in [0.2, 0.25) is 5.78 Å². The Morgan fingerprint density at radius 2 is 1.76 bits per heavy atom. The lowest BCUT2D eigenvalue weighted by atomic mass is 9.95. The number of furan rings is 1. The van der Waals surface area contributed by atoms with E-state index in [4.69, 9.17) is 23.6 Å². The number of para-hydroxylation sites is 1. The van der Waals surface area contributed by atoms with E-state index in [9.17, 15) is 14.7 Å². The molecule has 1 atom stereocenters. The molecule has 0 fully saturated rings. The Bertz CT molecular complexity index is 2100. The summed E-state index contributed by atoms with van der Waals surface area (Å²) in [7, 11) is 1.52. The van der Waals surface area contributed by atoms with Crippen LogP contribution < -0.4 is 19.1 Å². The van der Waals surface area contributed by atoms with Crippen molar-refractivity contribution in [3.8, 4) is 17.2 Å². The largest absolute Gasteiger partial charge is 0.503 e. The van der Waals surface area contributed by atoms with Crippen LogP contribution in [0.1, 0.15) is 34.6 Å². The molecule has 0 saturated carbocycles. The highest BCUT2D eigenvalue weighted by atomic mass is 32.1. The van der Waals surface area contributed by atoms with Crippen LogP contribution in [-0.2, 0) is 11.4 Å². The number of aliphatic hydroxyl groups is 1. The van der Waals surface area contributed by atoms with Crippen molar-refractivity contribution in [3.63, 3.8) is 0 Å². The lowest BCUT2D eigenvalue weighted by molar-refractivity contribution is -0.117. The van der Waals surface area contributed by atoms with Gasteiger partial charge in [-0.25, -0.2) is 4.98 Å². The molecule has 1 aliphatic heterocycles. The quantitative estimate of drug-likeness (QED) is 0.152. The highest BCUT2D eigenvalue weighted by Crippen LogP contribution is 2.46. The third-order valence-corrected chi connectivity index (χ3v) is 8.73. The van der Waals surface area contributed by atoms with Crippen molar-refractivity contribution in [2.75, 3.05) is 18.6 Å². The van der Waals surface area contributed by atoms with Crippen molar-refractivity contribution in [2.24, 2.45) is 0 Å². The number of ether oxygens (including phenoxy) is 3. The average Bonchev–Trinajstić information content (AvgIpc) is 3.78. The maximum absolute atomic E-state index is 14.1. The molecule has 0 unspecified atom stereocenters. The lowest BCUT2D eigenvalue weighted by Gasteiger charge is -2.25. The number of hydrogen-bond acceptors (Lipinski definition) is 9. The summed E-state index contributed by atoms with van der Waals surface area (Å²) in [5.41, 5.74) is 2.53. The molecule has 4 aromatic carbocycles. The zero-order valence-corrected chi connectivity index (χ0v) is 25.7. The van der Waals surface area contributed by atoms with E-state index in [1.807, 2.05) is 67.6 Å². The Morgan fingerprint density at radius 1 is 0.957 bits per heavy atom. The first-order chi connectivity index (χ1) is 22.4. The number of Topliss-reactive ketones (excluding diaryl/α,β-unsaturated/α-hetero) is 1. The second-order valence-electron chi connectivity index (χ2n) is 10.6. The van der Waals surface area contributed by atoms with E-state index >= 15 is 0 Å². The SMILES string of the molecule is CCOc1ccc2nc(N3C(=O)C(O)=C(C(=O)c4cc5ccccc5o4)[C@@H]3c3ccc(OCc4ccccc4)c(OC)c3)sc2c1. The number of thiazole rings is 1. The molecular weight excluding hydrogens is 604 g/mol. The second kappa shape index (κ2) is 12.1. The molecule has 1 amide bonds. The molecule has 7 rings (SSSR count). The summed E-state index contributed by atoms with van der Waals surface area (Å²) in [6.07, 6.45) is 0. The van der Waals surface area contributed by atoms with Crippen molar-refractivity contribution >= 4 is 49.3 Å². The first-order valence-electron chi connectivity index (χ1n) is 14.6. The van der Waals surface area contributed by atoms with Gasteiger partial charge in [0.1, 0.15) is 17.9 Å². The zero-order chi connectivity index (χ0) is 31.8. The number of ketones is 1. The van der Waals surface area contributed by atoms with E-state index in [-0.39, 0.29) is 11.3 Å². The minimum atomic E-state index is -1.04. The van der Waals surface area contributed by atoms with Crippen molar-refractivity contribution < 1.29 is 33.3 Å². The van der Waals surface area contributed by atoms with Gasteiger partial charge in [0.25, 0.3) is 5.91 Å². The smallest absolute Gasteiger partial charge is 0.296 e. The third-order valence-electron chi connectivity index (χ3n) is 7.71. The van der Waals surface area contributed by atoms with Crippen molar-refractivity contribution in [2.45, 2.75) is 19.6 Å². The number of nitrogens with zero attached hydrogens (tertiary/aromatic N) is 2. The molecule has 6 aromatic rings. The number of hydrogen-bond donors (Lipinski definition) is 1. The summed E-state index contributed by atoms with van der Waals surface area (Å²) in [5, 5.41) is 12.4. The first kappa shape index (κ1) is 29.1. The number of methoxy groups -OCH3 is 1. The minimum Gasteiger partial charge on any atom is -0.503 e. The lowest BCUT2D eigenvalue weighted by Crippen LogP contribution is -2.31. The molecular formula is C36H28N2O7S. The molecule has 0 bridgehead atoms. The van der Waals surface area contributed by atoms with Crippen LogP contribution >= 0.6 is 11.3 Å². The van der Waals surface area contributed by atoms with Gasteiger partial charge in [-0.1, -0.05) is 65.9 Å². The van der Waals surface area contributed by atoms with Crippen LogP contribution in [0, 0.1) is 0 Å². The van der Waals surface area contributed by atoms with Crippen LogP contribution in [0.2, 0.25) is 0 Å². The van der Waals surface area contributed by atoms with Gasteiger partial charge in [0.15, 0.2) is 28.1 Å². The maximum atomic E-state index is 14.1. The van der Waals surface area contributed by atoms with Gasteiger partial charge in [-0.05, 0) is 60.5 Å². The van der Waals surface area contributed by atoms with Gasteiger partial charge in [-0.2, -0.15) is 0 Å². The molecule has 1 N–H and O–H groups in total. The molecule has 9 nitrogen and oxygen atoms in total. The van der Waals surface area contributed by atoms with Crippen molar-refractivity contribution in [3.05, 3.63) is 125 Å². The Morgan fingerprint density at radius 3 is 2.54 bits per heavy atom. The van der Waals surface area contributed by atoms with E-state index in [1.54, 1.807) is 36.4 Å². The maximum Gasteiger partial charge on any atom is 0.296 e. The topological polar surface area (TPSA) is 111 Å². The van der Waals surface area contributed by atoms with Gasteiger partial charge in [-0.3, -0.25) is 14.5 Å². The van der Waals surface area contributed by atoms with Crippen LogP contribution in [0.5, 0.6) is 17.2 Å². The molecule has 0 aliphatic carbocycles. The molecule has 1 aliphatic rings. The Kier molecular flexibility index (Phi) is 7.63. The van der Waals surface area contributed by atoms with Crippen LogP contribution in [0.3, 0.4) is 0 Å². The number of carbonyl (C=O) groups excluding carboxylic acids is 2.